The molecular formula is C16H18BrN. The Morgan fingerprint density at radius 1 is 1.06 bits per heavy atom. The van der Waals surface area contributed by atoms with Crippen molar-refractivity contribution in [3.05, 3.63) is 70.2 Å². The lowest BCUT2D eigenvalue weighted by molar-refractivity contribution is 0.550. The number of halogens is 1. The van der Waals surface area contributed by atoms with Crippen LogP contribution in [-0.2, 0) is 6.42 Å². The van der Waals surface area contributed by atoms with Gasteiger partial charge in [0, 0.05) is 10.5 Å². The second-order valence-electron chi connectivity index (χ2n) is 4.35. The van der Waals surface area contributed by atoms with Crippen LogP contribution in [0, 0.1) is 0 Å². The van der Waals surface area contributed by atoms with E-state index < -0.39 is 0 Å². The van der Waals surface area contributed by atoms with Crippen LogP contribution < -0.4 is 5.32 Å². The van der Waals surface area contributed by atoms with E-state index in [0.717, 1.165) is 17.4 Å². The molecule has 0 radical (unpaired) electrons. The van der Waals surface area contributed by atoms with Crippen molar-refractivity contribution in [2.24, 2.45) is 0 Å². The second-order valence-corrected chi connectivity index (χ2v) is 5.27. The smallest absolute Gasteiger partial charge is 0.0360 e. The summed E-state index contributed by atoms with van der Waals surface area (Å²) in [4.78, 5) is 0. The third-order valence-corrected chi connectivity index (χ3v) is 3.47. The first-order chi connectivity index (χ1) is 8.79. The summed E-state index contributed by atoms with van der Waals surface area (Å²) in [6.45, 7) is 3.13. The Balaban J connectivity index is 2.16. The molecule has 0 saturated carbocycles. The van der Waals surface area contributed by atoms with Crippen molar-refractivity contribution in [1.29, 1.82) is 0 Å². The average Bonchev–Trinajstić information content (AvgIpc) is 2.39. The van der Waals surface area contributed by atoms with Crippen molar-refractivity contribution in [3.8, 4) is 0 Å². The van der Waals surface area contributed by atoms with Crippen molar-refractivity contribution in [1.82, 2.24) is 5.32 Å². The predicted molar refractivity (Wildman–Crippen MR) is 80.7 cm³/mol. The molecule has 1 N–H and O–H groups in total. The first-order valence-electron chi connectivity index (χ1n) is 6.32. The molecule has 1 nitrogen and oxygen atoms in total. The van der Waals surface area contributed by atoms with Gasteiger partial charge in [0.2, 0.25) is 0 Å². The number of rotatable bonds is 5. The van der Waals surface area contributed by atoms with Gasteiger partial charge in [-0.05, 0) is 36.2 Å². The number of hydrogen-bond donors (Lipinski definition) is 1. The van der Waals surface area contributed by atoms with Gasteiger partial charge in [0.25, 0.3) is 0 Å². The lowest BCUT2D eigenvalue weighted by Crippen LogP contribution is -2.22. The fraction of sp³-hybridized carbons (Fsp3) is 0.250. The van der Waals surface area contributed by atoms with Crippen LogP contribution in [-0.4, -0.2) is 6.54 Å². The van der Waals surface area contributed by atoms with Crippen molar-refractivity contribution in [2.45, 2.75) is 19.4 Å². The highest BCUT2D eigenvalue weighted by Gasteiger charge is 2.10. The minimum absolute atomic E-state index is 0.380. The minimum atomic E-state index is 0.380. The van der Waals surface area contributed by atoms with E-state index in [9.17, 15) is 0 Å². The standard InChI is InChI=1S/C16H18BrN/c1-2-18-16(14-8-4-3-5-9-14)12-13-7-6-10-15(17)11-13/h3-11,16,18H,2,12H2,1H3. The SMILES string of the molecule is CCNC(Cc1cccc(Br)c1)c1ccccc1. The number of nitrogens with one attached hydrogen (secondary N) is 1. The van der Waals surface area contributed by atoms with Gasteiger partial charge in [-0.3, -0.25) is 0 Å². The number of benzene rings is 2. The van der Waals surface area contributed by atoms with Gasteiger partial charge in [-0.1, -0.05) is 65.3 Å². The maximum absolute atomic E-state index is 3.55. The first kappa shape index (κ1) is 13.3. The highest BCUT2D eigenvalue weighted by Crippen LogP contribution is 2.20. The average molecular weight is 304 g/mol. The third-order valence-electron chi connectivity index (χ3n) is 2.98. The zero-order valence-corrected chi connectivity index (χ0v) is 12.2. The van der Waals surface area contributed by atoms with E-state index in [4.69, 9.17) is 0 Å². The molecule has 1 atom stereocenters. The summed E-state index contributed by atoms with van der Waals surface area (Å²) in [5.74, 6) is 0. The van der Waals surface area contributed by atoms with Crippen LogP contribution in [0.1, 0.15) is 24.1 Å². The molecule has 0 amide bonds. The molecule has 1 unspecified atom stereocenters. The largest absolute Gasteiger partial charge is 0.310 e. The van der Waals surface area contributed by atoms with Gasteiger partial charge >= 0.3 is 0 Å². The summed E-state index contributed by atoms with van der Waals surface area (Å²) in [6, 6.07) is 19.5. The normalized spacial score (nSPS) is 12.3. The zero-order valence-electron chi connectivity index (χ0n) is 10.6. The Hall–Kier alpha value is -1.12. The molecule has 0 saturated heterocycles. The van der Waals surface area contributed by atoms with Gasteiger partial charge in [-0.15, -0.1) is 0 Å². The van der Waals surface area contributed by atoms with E-state index >= 15 is 0 Å². The van der Waals surface area contributed by atoms with Crippen molar-refractivity contribution >= 4 is 15.9 Å². The molecule has 2 rings (SSSR count). The Kier molecular flexibility index (Phi) is 4.97. The van der Waals surface area contributed by atoms with E-state index in [2.05, 4.69) is 82.8 Å². The Morgan fingerprint density at radius 2 is 1.83 bits per heavy atom. The van der Waals surface area contributed by atoms with Crippen LogP contribution in [0.5, 0.6) is 0 Å². The van der Waals surface area contributed by atoms with Crippen molar-refractivity contribution in [3.63, 3.8) is 0 Å². The van der Waals surface area contributed by atoms with Crippen LogP contribution in [0.2, 0.25) is 0 Å². The Labute approximate surface area is 117 Å². The van der Waals surface area contributed by atoms with Crippen LogP contribution in [0.15, 0.2) is 59.1 Å². The second kappa shape index (κ2) is 6.72. The van der Waals surface area contributed by atoms with E-state index in [1.807, 2.05) is 0 Å². The lowest BCUT2D eigenvalue weighted by Gasteiger charge is -2.18. The van der Waals surface area contributed by atoms with Gasteiger partial charge < -0.3 is 5.32 Å². The highest BCUT2D eigenvalue weighted by molar-refractivity contribution is 9.10. The molecule has 0 heterocycles. The van der Waals surface area contributed by atoms with Crippen LogP contribution in [0.3, 0.4) is 0 Å². The molecule has 0 fully saturated rings. The molecule has 0 aliphatic heterocycles. The summed E-state index contributed by atoms with van der Waals surface area (Å²) >= 11 is 3.53. The molecule has 0 aliphatic carbocycles. The highest BCUT2D eigenvalue weighted by atomic mass is 79.9. The third kappa shape index (κ3) is 3.69. The molecule has 0 spiro atoms. The van der Waals surface area contributed by atoms with E-state index in [1.165, 1.54) is 11.1 Å². The fourth-order valence-electron chi connectivity index (χ4n) is 2.14. The molecule has 94 valence electrons. The van der Waals surface area contributed by atoms with Gasteiger partial charge in [0.1, 0.15) is 0 Å². The van der Waals surface area contributed by atoms with Gasteiger partial charge in [-0.25, -0.2) is 0 Å². The predicted octanol–water partition coefficient (Wildman–Crippen LogP) is 4.34. The van der Waals surface area contributed by atoms with E-state index in [1.54, 1.807) is 0 Å². The molecule has 2 heteroatoms. The first-order valence-corrected chi connectivity index (χ1v) is 7.11. The summed E-state index contributed by atoms with van der Waals surface area (Å²) in [5, 5.41) is 3.55. The molecule has 0 bridgehead atoms. The lowest BCUT2D eigenvalue weighted by atomic mass is 9.99. The maximum Gasteiger partial charge on any atom is 0.0360 e. The van der Waals surface area contributed by atoms with Crippen LogP contribution in [0.4, 0.5) is 0 Å². The zero-order chi connectivity index (χ0) is 12.8. The number of likely N-dealkylation sites (N-methyl/N-ethyl adjacent to an activating group) is 1. The monoisotopic (exact) mass is 303 g/mol. The summed E-state index contributed by atoms with van der Waals surface area (Å²) in [6.07, 6.45) is 1.01. The number of hydrogen-bond acceptors (Lipinski definition) is 1. The Bertz CT molecular complexity index is 481. The van der Waals surface area contributed by atoms with Crippen LogP contribution >= 0.6 is 15.9 Å². The summed E-state index contributed by atoms with van der Waals surface area (Å²) in [7, 11) is 0. The van der Waals surface area contributed by atoms with Crippen LogP contribution in [0.25, 0.3) is 0 Å². The van der Waals surface area contributed by atoms with Gasteiger partial charge in [-0.2, -0.15) is 0 Å². The molecule has 18 heavy (non-hydrogen) atoms. The van der Waals surface area contributed by atoms with E-state index in [-0.39, 0.29) is 0 Å². The van der Waals surface area contributed by atoms with Gasteiger partial charge in [0.15, 0.2) is 0 Å². The quantitative estimate of drug-likeness (QED) is 0.866. The maximum atomic E-state index is 3.55. The summed E-state index contributed by atoms with van der Waals surface area (Å²) < 4.78 is 1.14. The molecule has 2 aromatic rings. The molecule has 0 aliphatic rings. The van der Waals surface area contributed by atoms with Gasteiger partial charge in [0.05, 0.1) is 0 Å². The minimum Gasteiger partial charge on any atom is -0.310 e. The molecule has 2 aromatic carbocycles. The molecule has 0 aromatic heterocycles. The Morgan fingerprint density at radius 3 is 2.50 bits per heavy atom. The van der Waals surface area contributed by atoms with Crippen molar-refractivity contribution in [2.75, 3.05) is 6.54 Å². The van der Waals surface area contributed by atoms with E-state index in [0.29, 0.717) is 6.04 Å². The molecular weight excluding hydrogens is 286 g/mol. The summed E-state index contributed by atoms with van der Waals surface area (Å²) in [5.41, 5.74) is 2.69. The van der Waals surface area contributed by atoms with Crippen molar-refractivity contribution < 1.29 is 0 Å². The topological polar surface area (TPSA) is 12.0 Å². The fourth-order valence-corrected chi connectivity index (χ4v) is 2.59.